The molecule has 1 heteroatoms. The van der Waals surface area contributed by atoms with Crippen molar-refractivity contribution in [1.29, 1.82) is 0 Å². The Hall–Kier alpha value is -5.40. The van der Waals surface area contributed by atoms with Gasteiger partial charge in [-0.3, -0.25) is 0 Å². The molecule has 1 aliphatic carbocycles. The monoisotopic (exact) mass is 563 g/mol. The molecule has 0 saturated heterocycles. The van der Waals surface area contributed by atoms with Gasteiger partial charge in [0.05, 0.1) is 0 Å². The second-order valence-electron chi connectivity index (χ2n) is 12.2. The molecule has 7 aromatic carbocycles. The van der Waals surface area contributed by atoms with E-state index in [-0.39, 0.29) is 5.41 Å². The lowest BCUT2D eigenvalue weighted by Crippen LogP contribution is -2.15. The van der Waals surface area contributed by atoms with Crippen LogP contribution < -0.4 is 4.90 Å². The second kappa shape index (κ2) is 10.4. The Labute approximate surface area is 259 Å². The fourth-order valence-electron chi connectivity index (χ4n) is 6.95. The van der Waals surface area contributed by atoms with Crippen LogP contribution in [0.25, 0.3) is 44.2 Å². The molecule has 0 N–H and O–H groups in total. The number of fused-ring (bicyclic) bond motifs is 5. The average Bonchev–Trinajstić information content (AvgIpc) is 3.32. The lowest BCUT2D eigenvalue weighted by molar-refractivity contribution is 0.661. The molecular weight excluding hydrogens is 530 g/mol. The first kappa shape index (κ1) is 26.2. The number of nitrogens with zero attached hydrogens (tertiary/aromatic N) is 1. The highest BCUT2D eigenvalue weighted by Gasteiger charge is 2.36. The van der Waals surface area contributed by atoms with Crippen LogP contribution in [-0.2, 0) is 5.41 Å². The van der Waals surface area contributed by atoms with E-state index in [1.165, 1.54) is 55.3 Å². The van der Waals surface area contributed by atoms with Crippen LogP contribution in [0.3, 0.4) is 0 Å². The Morgan fingerprint density at radius 2 is 0.932 bits per heavy atom. The second-order valence-corrected chi connectivity index (χ2v) is 12.2. The zero-order valence-electron chi connectivity index (χ0n) is 25.0. The van der Waals surface area contributed by atoms with Crippen molar-refractivity contribution in [2.45, 2.75) is 19.3 Å². The highest BCUT2D eigenvalue weighted by molar-refractivity contribution is 6.02. The average molecular weight is 564 g/mol. The van der Waals surface area contributed by atoms with E-state index in [1.54, 1.807) is 0 Å². The molecule has 7 aromatic rings. The van der Waals surface area contributed by atoms with Gasteiger partial charge in [-0.2, -0.15) is 0 Å². The molecule has 0 radical (unpaired) electrons. The molecule has 0 aliphatic heterocycles. The topological polar surface area (TPSA) is 3.24 Å². The van der Waals surface area contributed by atoms with Crippen molar-refractivity contribution in [3.63, 3.8) is 0 Å². The summed E-state index contributed by atoms with van der Waals surface area (Å²) in [4.78, 5) is 2.33. The first-order valence-corrected chi connectivity index (χ1v) is 15.4. The highest BCUT2D eigenvalue weighted by Crippen LogP contribution is 2.52. The minimum atomic E-state index is -0.0549. The minimum Gasteiger partial charge on any atom is -0.311 e. The summed E-state index contributed by atoms with van der Waals surface area (Å²) >= 11 is 0. The third kappa shape index (κ3) is 4.32. The predicted octanol–water partition coefficient (Wildman–Crippen LogP) is 11.9. The van der Waals surface area contributed by atoms with Gasteiger partial charge in [-0.15, -0.1) is 0 Å². The van der Waals surface area contributed by atoms with Gasteiger partial charge in [0.2, 0.25) is 0 Å². The van der Waals surface area contributed by atoms with Crippen LogP contribution >= 0.6 is 0 Å². The van der Waals surface area contributed by atoms with Crippen LogP contribution in [0.1, 0.15) is 25.0 Å². The van der Waals surface area contributed by atoms with Gasteiger partial charge >= 0.3 is 0 Å². The molecule has 0 bridgehead atoms. The van der Waals surface area contributed by atoms with Gasteiger partial charge < -0.3 is 4.90 Å². The molecule has 0 heterocycles. The highest BCUT2D eigenvalue weighted by atomic mass is 15.1. The number of hydrogen-bond donors (Lipinski definition) is 0. The summed E-state index contributed by atoms with van der Waals surface area (Å²) in [7, 11) is 0. The van der Waals surface area contributed by atoms with E-state index >= 15 is 0 Å². The fourth-order valence-corrected chi connectivity index (χ4v) is 6.95. The van der Waals surface area contributed by atoms with Gasteiger partial charge in [-0.05, 0) is 97.7 Å². The van der Waals surface area contributed by atoms with E-state index in [9.17, 15) is 0 Å². The van der Waals surface area contributed by atoms with Crippen LogP contribution in [0, 0.1) is 0 Å². The first-order valence-electron chi connectivity index (χ1n) is 15.4. The summed E-state index contributed by atoms with van der Waals surface area (Å²) in [5, 5.41) is 2.64. The summed E-state index contributed by atoms with van der Waals surface area (Å²) in [6, 6.07) is 59.4. The number of benzene rings is 7. The van der Waals surface area contributed by atoms with E-state index in [4.69, 9.17) is 0 Å². The third-order valence-corrected chi connectivity index (χ3v) is 9.27. The van der Waals surface area contributed by atoms with Crippen molar-refractivity contribution < 1.29 is 0 Å². The molecule has 0 aromatic heterocycles. The number of anilines is 3. The zero-order valence-corrected chi connectivity index (χ0v) is 25.0. The van der Waals surface area contributed by atoms with Crippen LogP contribution in [0.15, 0.2) is 164 Å². The van der Waals surface area contributed by atoms with Gasteiger partial charge in [0.15, 0.2) is 0 Å². The van der Waals surface area contributed by atoms with Gasteiger partial charge in [0.25, 0.3) is 0 Å². The maximum atomic E-state index is 2.41. The molecule has 0 spiro atoms. The zero-order chi connectivity index (χ0) is 29.7. The van der Waals surface area contributed by atoms with Gasteiger partial charge in [-0.25, -0.2) is 0 Å². The predicted molar refractivity (Wildman–Crippen MR) is 187 cm³/mol. The maximum absolute atomic E-state index is 2.41. The molecular formula is C43H33N. The van der Waals surface area contributed by atoms with Crippen molar-refractivity contribution in [2.24, 2.45) is 0 Å². The molecule has 0 atom stereocenters. The van der Waals surface area contributed by atoms with E-state index in [2.05, 4.69) is 183 Å². The summed E-state index contributed by atoms with van der Waals surface area (Å²) in [6.07, 6.45) is 0. The maximum Gasteiger partial charge on any atom is 0.0462 e. The molecule has 210 valence electrons. The molecule has 0 saturated carbocycles. The molecule has 0 unspecified atom stereocenters. The quantitative estimate of drug-likeness (QED) is 0.201. The lowest BCUT2D eigenvalue weighted by Gasteiger charge is -2.26. The van der Waals surface area contributed by atoms with Crippen molar-refractivity contribution in [3.8, 4) is 33.4 Å². The summed E-state index contributed by atoms with van der Waals surface area (Å²) in [5.41, 5.74) is 13.8. The van der Waals surface area contributed by atoms with Crippen LogP contribution in [-0.4, -0.2) is 0 Å². The van der Waals surface area contributed by atoms with Crippen molar-refractivity contribution in [1.82, 2.24) is 0 Å². The van der Waals surface area contributed by atoms with Gasteiger partial charge in [-0.1, -0.05) is 135 Å². The third-order valence-electron chi connectivity index (χ3n) is 9.27. The standard InChI is InChI=1S/C43H33N/c1-43(2)40-28-22-33-13-9-10-16-38(33)42(40)39-27-21-34(29-41(39)43)32-19-25-37(26-20-32)44(35-14-7-4-8-15-35)36-23-17-31(18-24-36)30-11-5-3-6-12-30/h3-29H,1-2H3. The lowest BCUT2D eigenvalue weighted by atomic mass is 9.81. The molecule has 8 rings (SSSR count). The van der Waals surface area contributed by atoms with Crippen LogP contribution in [0.4, 0.5) is 17.1 Å². The summed E-state index contributed by atoms with van der Waals surface area (Å²) < 4.78 is 0. The Bertz CT molecular complexity index is 2110. The molecule has 0 fully saturated rings. The molecule has 1 aliphatic rings. The van der Waals surface area contributed by atoms with Crippen molar-refractivity contribution in [3.05, 3.63) is 175 Å². The van der Waals surface area contributed by atoms with E-state index in [0.29, 0.717) is 0 Å². The molecule has 44 heavy (non-hydrogen) atoms. The van der Waals surface area contributed by atoms with Crippen LogP contribution in [0.5, 0.6) is 0 Å². The number of hydrogen-bond acceptors (Lipinski definition) is 1. The molecule has 0 amide bonds. The van der Waals surface area contributed by atoms with Gasteiger partial charge in [0.1, 0.15) is 0 Å². The minimum absolute atomic E-state index is 0.0549. The summed E-state index contributed by atoms with van der Waals surface area (Å²) in [5.74, 6) is 0. The smallest absolute Gasteiger partial charge is 0.0462 e. The molecule has 1 nitrogen and oxygen atoms in total. The van der Waals surface area contributed by atoms with Crippen molar-refractivity contribution in [2.75, 3.05) is 4.90 Å². The number of rotatable bonds is 5. The Kier molecular flexibility index (Phi) is 6.20. The van der Waals surface area contributed by atoms with Crippen LogP contribution in [0.2, 0.25) is 0 Å². The fraction of sp³-hybridized carbons (Fsp3) is 0.0698. The van der Waals surface area contributed by atoms with E-state index in [0.717, 1.165) is 17.1 Å². The SMILES string of the molecule is CC1(C)c2cc(-c3ccc(N(c4ccccc4)c4ccc(-c5ccccc5)cc4)cc3)ccc2-c2c1ccc1ccccc21. The number of para-hydroxylation sites is 1. The van der Waals surface area contributed by atoms with E-state index < -0.39 is 0 Å². The largest absolute Gasteiger partial charge is 0.311 e. The Morgan fingerprint density at radius 1 is 0.409 bits per heavy atom. The first-order chi connectivity index (χ1) is 21.6. The van der Waals surface area contributed by atoms with Crippen molar-refractivity contribution >= 4 is 27.8 Å². The van der Waals surface area contributed by atoms with E-state index in [1.807, 2.05) is 0 Å². The Balaban J connectivity index is 1.16. The Morgan fingerprint density at radius 3 is 1.61 bits per heavy atom. The van der Waals surface area contributed by atoms with Gasteiger partial charge in [0, 0.05) is 22.5 Å². The summed E-state index contributed by atoms with van der Waals surface area (Å²) in [6.45, 7) is 4.72. The normalized spacial score (nSPS) is 13.0.